The van der Waals surface area contributed by atoms with Gasteiger partial charge in [0.1, 0.15) is 0 Å². The van der Waals surface area contributed by atoms with Crippen LogP contribution in [0.5, 0.6) is 11.5 Å². The van der Waals surface area contributed by atoms with Crippen molar-refractivity contribution >= 4 is 5.91 Å². The number of hydrogen-bond donors (Lipinski definition) is 3. The van der Waals surface area contributed by atoms with Crippen LogP contribution in [0.3, 0.4) is 0 Å². The fourth-order valence-electron chi connectivity index (χ4n) is 1.70. The molecule has 0 atom stereocenters. The van der Waals surface area contributed by atoms with Crippen molar-refractivity contribution in [3.63, 3.8) is 0 Å². The van der Waals surface area contributed by atoms with E-state index in [1.54, 1.807) is 0 Å². The minimum atomic E-state index is -0.422. The molecule has 0 bridgehead atoms. The Morgan fingerprint density at radius 2 is 1.79 bits per heavy atom. The molecule has 98 valence electrons. The summed E-state index contributed by atoms with van der Waals surface area (Å²) in [5.74, 6) is -1.12. The average molecular weight is 257 g/mol. The predicted octanol–water partition coefficient (Wildman–Crippen LogP) is 2.34. The van der Waals surface area contributed by atoms with Crippen molar-refractivity contribution in [2.45, 2.75) is 13.5 Å². The van der Waals surface area contributed by atoms with Gasteiger partial charge in [-0.15, -0.1) is 0 Å². The minimum Gasteiger partial charge on any atom is -0.504 e. The first kappa shape index (κ1) is 13.0. The molecule has 4 heteroatoms. The standard InChI is InChI=1S/C15H15NO3/c1-10-5-7-11(8-6-10)9-16-15(19)12-3-2-4-13(17)14(12)18/h2-8,17-18H,9H2,1H3,(H,16,19). The van der Waals surface area contributed by atoms with E-state index in [1.165, 1.54) is 18.2 Å². The number of phenols is 2. The van der Waals surface area contributed by atoms with Gasteiger partial charge in [-0.3, -0.25) is 4.79 Å². The van der Waals surface area contributed by atoms with Crippen LogP contribution in [0.25, 0.3) is 0 Å². The molecular weight excluding hydrogens is 242 g/mol. The fraction of sp³-hybridized carbons (Fsp3) is 0.133. The largest absolute Gasteiger partial charge is 0.504 e. The second-order valence-corrected chi connectivity index (χ2v) is 4.34. The topological polar surface area (TPSA) is 69.6 Å². The van der Waals surface area contributed by atoms with Gasteiger partial charge in [0.2, 0.25) is 0 Å². The molecule has 2 aromatic rings. The molecule has 0 aliphatic rings. The average Bonchev–Trinajstić information content (AvgIpc) is 2.41. The number of nitrogens with one attached hydrogen (secondary N) is 1. The Morgan fingerprint density at radius 1 is 1.11 bits per heavy atom. The number of para-hydroxylation sites is 1. The summed E-state index contributed by atoms with van der Waals surface area (Å²) in [6, 6.07) is 12.1. The summed E-state index contributed by atoms with van der Waals surface area (Å²) in [7, 11) is 0. The van der Waals surface area contributed by atoms with Gasteiger partial charge in [0.15, 0.2) is 11.5 Å². The van der Waals surface area contributed by atoms with Gasteiger partial charge in [-0.2, -0.15) is 0 Å². The van der Waals surface area contributed by atoms with Crippen molar-refractivity contribution in [2.75, 3.05) is 0 Å². The Morgan fingerprint density at radius 3 is 2.47 bits per heavy atom. The van der Waals surface area contributed by atoms with Gasteiger partial charge in [-0.1, -0.05) is 35.9 Å². The predicted molar refractivity (Wildman–Crippen MR) is 72.1 cm³/mol. The quantitative estimate of drug-likeness (QED) is 0.739. The van der Waals surface area contributed by atoms with E-state index in [0.29, 0.717) is 6.54 Å². The molecule has 3 N–H and O–H groups in total. The maximum Gasteiger partial charge on any atom is 0.255 e. The molecule has 0 aliphatic carbocycles. The Balaban J connectivity index is 2.05. The van der Waals surface area contributed by atoms with Gasteiger partial charge in [0, 0.05) is 6.54 Å². The zero-order valence-electron chi connectivity index (χ0n) is 10.6. The van der Waals surface area contributed by atoms with Gasteiger partial charge in [-0.05, 0) is 24.6 Å². The molecule has 0 unspecified atom stereocenters. The summed E-state index contributed by atoms with van der Waals surface area (Å²) in [6.45, 7) is 2.36. The number of rotatable bonds is 3. The number of phenolic OH excluding ortho intramolecular Hbond substituents is 2. The number of aromatic hydroxyl groups is 2. The normalized spacial score (nSPS) is 10.2. The Kier molecular flexibility index (Phi) is 3.71. The molecule has 0 aliphatic heterocycles. The van der Waals surface area contributed by atoms with Crippen molar-refractivity contribution in [2.24, 2.45) is 0 Å². The van der Waals surface area contributed by atoms with E-state index in [-0.39, 0.29) is 11.3 Å². The third kappa shape index (κ3) is 3.04. The van der Waals surface area contributed by atoms with E-state index in [1.807, 2.05) is 31.2 Å². The highest BCUT2D eigenvalue weighted by Crippen LogP contribution is 2.27. The van der Waals surface area contributed by atoms with Gasteiger partial charge in [0.05, 0.1) is 5.56 Å². The third-order valence-corrected chi connectivity index (χ3v) is 2.83. The Bertz CT molecular complexity index is 591. The maximum absolute atomic E-state index is 11.9. The summed E-state index contributed by atoms with van der Waals surface area (Å²) in [5, 5.41) is 21.6. The van der Waals surface area contributed by atoms with Crippen molar-refractivity contribution in [3.8, 4) is 11.5 Å². The lowest BCUT2D eigenvalue weighted by molar-refractivity contribution is 0.0947. The number of benzene rings is 2. The summed E-state index contributed by atoms with van der Waals surface area (Å²) >= 11 is 0. The molecule has 19 heavy (non-hydrogen) atoms. The molecule has 0 fully saturated rings. The number of amides is 1. The van der Waals surface area contributed by atoms with E-state index >= 15 is 0 Å². The second kappa shape index (κ2) is 5.44. The van der Waals surface area contributed by atoms with E-state index in [9.17, 15) is 15.0 Å². The summed E-state index contributed by atoms with van der Waals surface area (Å²) in [4.78, 5) is 11.9. The monoisotopic (exact) mass is 257 g/mol. The number of carbonyl (C=O) groups excluding carboxylic acids is 1. The summed E-state index contributed by atoms with van der Waals surface area (Å²) in [5.41, 5.74) is 2.19. The van der Waals surface area contributed by atoms with Crippen LogP contribution in [0.1, 0.15) is 21.5 Å². The molecule has 2 aromatic carbocycles. The first-order valence-electron chi connectivity index (χ1n) is 5.92. The van der Waals surface area contributed by atoms with Crippen LogP contribution in [-0.4, -0.2) is 16.1 Å². The van der Waals surface area contributed by atoms with Gasteiger partial charge >= 0.3 is 0 Å². The van der Waals surface area contributed by atoms with Crippen LogP contribution >= 0.6 is 0 Å². The van der Waals surface area contributed by atoms with Crippen LogP contribution in [0, 0.1) is 6.92 Å². The summed E-state index contributed by atoms with van der Waals surface area (Å²) in [6.07, 6.45) is 0. The Hall–Kier alpha value is -2.49. The molecule has 0 spiro atoms. The smallest absolute Gasteiger partial charge is 0.255 e. The molecular formula is C15H15NO3. The molecule has 4 nitrogen and oxygen atoms in total. The fourth-order valence-corrected chi connectivity index (χ4v) is 1.70. The molecule has 0 heterocycles. The van der Waals surface area contributed by atoms with Crippen LogP contribution < -0.4 is 5.32 Å². The zero-order chi connectivity index (χ0) is 13.8. The van der Waals surface area contributed by atoms with E-state index in [2.05, 4.69) is 5.32 Å². The van der Waals surface area contributed by atoms with Crippen molar-refractivity contribution in [1.82, 2.24) is 5.32 Å². The van der Waals surface area contributed by atoms with Crippen LogP contribution in [0.4, 0.5) is 0 Å². The van der Waals surface area contributed by atoms with Gasteiger partial charge in [0.25, 0.3) is 5.91 Å². The first-order valence-corrected chi connectivity index (χ1v) is 5.92. The van der Waals surface area contributed by atoms with E-state index in [4.69, 9.17) is 0 Å². The summed E-state index contributed by atoms with van der Waals surface area (Å²) < 4.78 is 0. The van der Waals surface area contributed by atoms with Crippen molar-refractivity contribution < 1.29 is 15.0 Å². The SMILES string of the molecule is Cc1ccc(CNC(=O)c2cccc(O)c2O)cc1. The zero-order valence-corrected chi connectivity index (χ0v) is 10.6. The van der Waals surface area contributed by atoms with Crippen molar-refractivity contribution in [1.29, 1.82) is 0 Å². The van der Waals surface area contributed by atoms with Gasteiger partial charge < -0.3 is 15.5 Å². The van der Waals surface area contributed by atoms with Crippen LogP contribution in [-0.2, 0) is 6.54 Å². The number of carbonyl (C=O) groups is 1. The maximum atomic E-state index is 11.9. The number of hydrogen-bond acceptors (Lipinski definition) is 3. The van der Waals surface area contributed by atoms with Gasteiger partial charge in [-0.25, -0.2) is 0 Å². The molecule has 0 saturated heterocycles. The molecule has 1 amide bonds. The Labute approximate surface area is 111 Å². The van der Waals surface area contributed by atoms with E-state index < -0.39 is 11.7 Å². The molecule has 0 radical (unpaired) electrons. The highest BCUT2D eigenvalue weighted by molar-refractivity contribution is 5.97. The molecule has 2 rings (SSSR count). The second-order valence-electron chi connectivity index (χ2n) is 4.34. The first-order chi connectivity index (χ1) is 9.08. The lowest BCUT2D eigenvalue weighted by Crippen LogP contribution is -2.22. The lowest BCUT2D eigenvalue weighted by Gasteiger charge is -2.08. The highest BCUT2D eigenvalue weighted by Gasteiger charge is 2.13. The minimum absolute atomic E-state index is 0.0621. The lowest BCUT2D eigenvalue weighted by atomic mass is 10.1. The van der Waals surface area contributed by atoms with Crippen LogP contribution in [0.2, 0.25) is 0 Å². The molecule has 0 aromatic heterocycles. The molecule has 0 saturated carbocycles. The van der Waals surface area contributed by atoms with Crippen molar-refractivity contribution in [3.05, 3.63) is 59.2 Å². The highest BCUT2D eigenvalue weighted by atomic mass is 16.3. The van der Waals surface area contributed by atoms with Crippen LogP contribution in [0.15, 0.2) is 42.5 Å². The van der Waals surface area contributed by atoms with E-state index in [0.717, 1.165) is 11.1 Å². The number of aryl methyl sites for hydroxylation is 1. The third-order valence-electron chi connectivity index (χ3n) is 2.83.